The van der Waals surface area contributed by atoms with Crippen LogP contribution in [0.2, 0.25) is 0 Å². The van der Waals surface area contributed by atoms with Crippen LogP contribution in [0.15, 0.2) is 12.1 Å². The first kappa shape index (κ1) is 13.3. The fourth-order valence-electron chi connectivity index (χ4n) is 1.01. The van der Waals surface area contributed by atoms with Gasteiger partial charge in [0.2, 0.25) is 0 Å². The van der Waals surface area contributed by atoms with Gasteiger partial charge in [0.25, 0.3) is 0 Å². The minimum absolute atomic E-state index is 0.293. The number of hydrogen-bond donors (Lipinski definition) is 1. The quantitative estimate of drug-likeness (QED) is 0.502. The van der Waals surface area contributed by atoms with Crippen molar-refractivity contribution in [1.29, 1.82) is 0 Å². The van der Waals surface area contributed by atoms with Crippen molar-refractivity contribution < 1.29 is 22.0 Å². The third-order valence-corrected chi connectivity index (χ3v) is 1.71. The van der Waals surface area contributed by atoms with Crippen molar-refractivity contribution in [2.45, 2.75) is 6.18 Å². The van der Waals surface area contributed by atoms with E-state index in [1.54, 1.807) is 0 Å². The molecule has 0 saturated carbocycles. The molecule has 0 saturated heterocycles. The van der Waals surface area contributed by atoms with Crippen LogP contribution in [0.4, 0.5) is 27.6 Å². The molecule has 90 valence electrons. The number of halogens is 7. The van der Waals surface area contributed by atoms with E-state index in [4.69, 9.17) is 23.6 Å². The molecule has 0 aliphatic rings. The van der Waals surface area contributed by atoms with Gasteiger partial charge in [-0.05, 0) is 16.2 Å². The predicted molar refractivity (Wildman–Crippen MR) is 48.5 cm³/mol. The number of rotatable bonds is 2. The number of hydrogen-bond acceptors (Lipinski definition) is 2. The van der Waals surface area contributed by atoms with Crippen LogP contribution in [0.5, 0.6) is 0 Å². The lowest BCUT2D eigenvalue weighted by Crippen LogP contribution is -2.14. The molecule has 1 N–H and O–H groups in total. The van der Waals surface area contributed by atoms with Crippen molar-refractivity contribution in [3.05, 3.63) is 29.3 Å². The van der Waals surface area contributed by atoms with E-state index >= 15 is 0 Å². The number of benzene rings is 1. The second kappa shape index (κ2) is 4.60. The van der Waals surface area contributed by atoms with Gasteiger partial charge in [0.1, 0.15) is 17.2 Å². The highest BCUT2D eigenvalue weighted by molar-refractivity contribution is 6.34. The standard InChI is InChI=1S/C7H3Cl2F5N2/c8-16(9)15-3-1-4(10)6(5(11)2-3)7(12,13)14/h1-2,15H. The van der Waals surface area contributed by atoms with Crippen molar-refractivity contribution in [2.75, 3.05) is 5.43 Å². The van der Waals surface area contributed by atoms with Gasteiger partial charge < -0.3 is 0 Å². The third-order valence-electron chi connectivity index (χ3n) is 1.54. The molecule has 1 aromatic rings. The molecule has 0 amide bonds. The number of anilines is 1. The molecule has 0 aliphatic carbocycles. The molecule has 16 heavy (non-hydrogen) atoms. The first-order valence-electron chi connectivity index (χ1n) is 3.66. The van der Waals surface area contributed by atoms with E-state index in [1.807, 2.05) is 5.43 Å². The summed E-state index contributed by atoms with van der Waals surface area (Å²) in [5.41, 5.74) is -0.336. The van der Waals surface area contributed by atoms with Gasteiger partial charge in [-0.25, -0.2) is 8.78 Å². The first-order valence-corrected chi connectivity index (χ1v) is 4.34. The molecule has 0 unspecified atom stereocenters. The lowest BCUT2D eigenvalue weighted by molar-refractivity contribution is -0.142. The minimum atomic E-state index is -5.10. The van der Waals surface area contributed by atoms with Crippen LogP contribution in [0.25, 0.3) is 0 Å². The summed E-state index contributed by atoms with van der Waals surface area (Å²) >= 11 is 10.1. The molecular formula is C7H3Cl2F5N2. The number of hydrazine groups is 1. The monoisotopic (exact) mass is 280 g/mol. The van der Waals surface area contributed by atoms with Crippen molar-refractivity contribution in [2.24, 2.45) is 0 Å². The highest BCUT2D eigenvalue weighted by atomic mass is 35.5. The molecule has 9 heteroatoms. The van der Waals surface area contributed by atoms with E-state index in [1.165, 1.54) is 0 Å². The van der Waals surface area contributed by atoms with Gasteiger partial charge in [0.05, 0.1) is 5.69 Å². The minimum Gasteiger partial charge on any atom is -0.291 e. The normalized spacial score (nSPS) is 12.0. The van der Waals surface area contributed by atoms with Gasteiger partial charge >= 0.3 is 6.18 Å². The summed E-state index contributed by atoms with van der Waals surface area (Å²) in [5, 5.41) is 0. The summed E-state index contributed by atoms with van der Waals surface area (Å²) in [5.74, 6) is -3.52. The maximum atomic E-state index is 13.0. The third kappa shape index (κ3) is 3.10. The second-order valence-electron chi connectivity index (χ2n) is 2.66. The molecule has 0 radical (unpaired) electrons. The summed E-state index contributed by atoms with van der Waals surface area (Å²) in [6.45, 7) is 0. The van der Waals surface area contributed by atoms with E-state index in [0.29, 0.717) is 16.2 Å². The van der Waals surface area contributed by atoms with Gasteiger partial charge in [-0.3, -0.25) is 5.43 Å². The average Bonchev–Trinajstić information content (AvgIpc) is 1.96. The fraction of sp³-hybridized carbons (Fsp3) is 0.143. The van der Waals surface area contributed by atoms with Gasteiger partial charge in [-0.1, -0.05) is 0 Å². The zero-order valence-electron chi connectivity index (χ0n) is 7.25. The fourth-order valence-corrected chi connectivity index (χ4v) is 1.20. The topological polar surface area (TPSA) is 15.3 Å². The van der Waals surface area contributed by atoms with Gasteiger partial charge in [0, 0.05) is 23.6 Å². The molecule has 0 spiro atoms. The highest BCUT2D eigenvalue weighted by Gasteiger charge is 2.37. The van der Waals surface area contributed by atoms with Crippen molar-refractivity contribution in [1.82, 2.24) is 4.05 Å². The van der Waals surface area contributed by atoms with E-state index in [0.717, 1.165) is 0 Å². The summed E-state index contributed by atoms with van der Waals surface area (Å²) in [6, 6.07) is 0.841. The summed E-state index contributed by atoms with van der Waals surface area (Å²) in [6.07, 6.45) is -5.10. The molecule has 1 rings (SSSR count). The molecule has 1 aromatic carbocycles. The smallest absolute Gasteiger partial charge is 0.291 e. The zero-order valence-corrected chi connectivity index (χ0v) is 8.76. The summed E-state index contributed by atoms with van der Waals surface area (Å²) in [7, 11) is 0. The van der Waals surface area contributed by atoms with Crippen LogP contribution in [0.1, 0.15) is 5.56 Å². The van der Waals surface area contributed by atoms with Crippen LogP contribution in [-0.4, -0.2) is 4.05 Å². The van der Waals surface area contributed by atoms with Crippen LogP contribution in [0, 0.1) is 11.6 Å². The van der Waals surface area contributed by atoms with Gasteiger partial charge in [-0.15, -0.1) is 0 Å². The Morgan fingerprint density at radius 3 is 1.81 bits per heavy atom. The van der Waals surface area contributed by atoms with Gasteiger partial charge in [-0.2, -0.15) is 13.2 Å². The van der Waals surface area contributed by atoms with Crippen LogP contribution >= 0.6 is 23.6 Å². The molecule has 0 aromatic heterocycles. The Labute approximate surface area is 96.7 Å². The van der Waals surface area contributed by atoms with Crippen LogP contribution in [-0.2, 0) is 6.18 Å². The Balaban J connectivity index is 3.18. The van der Waals surface area contributed by atoms with Gasteiger partial charge in [0.15, 0.2) is 0 Å². The molecule has 0 atom stereocenters. The molecule has 2 nitrogen and oxygen atoms in total. The summed E-state index contributed by atoms with van der Waals surface area (Å²) < 4.78 is 62.6. The Bertz CT molecular complexity index is 370. The van der Waals surface area contributed by atoms with Crippen molar-refractivity contribution >= 4 is 29.2 Å². The average molecular weight is 281 g/mol. The maximum absolute atomic E-state index is 13.0. The molecule has 0 heterocycles. The number of nitrogens with zero attached hydrogens (tertiary/aromatic N) is 1. The predicted octanol–water partition coefficient (Wildman–Crippen LogP) is 3.92. The lowest BCUT2D eigenvalue weighted by atomic mass is 10.1. The van der Waals surface area contributed by atoms with Crippen molar-refractivity contribution in [3.63, 3.8) is 0 Å². The lowest BCUT2D eigenvalue weighted by Gasteiger charge is -2.12. The van der Waals surface area contributed by atoms with E-state index in [-0.39, 0.29) is 5.69 Å². The number of nitrogens with one attached hydrogen (secondary N) is 1. The molecule has 0 bridgehead atoms. The first-order chi connectivity index (χ1) is 7.21. The molecular weight excluding hydrogens is 278 g/mol. The Morgan fingerprint density at radius 2 is 1.50 bits per heavy atom. The van der Waals surface area contributed by atoms with Crippen LogP contribution < -0.4 is 5.43 Å². The van der Waals surface area contributed by atoms with E-state index in [2.05, 4.69) is 0 Å². The highest BCUT2D eigenvalue weighted by Crippen LogP contribution is 2.34. The van der Waals surface area contributed by atoms with Crippen LogP contribution in [0.3, 0.4) is 0 Å². The summed E-state index contributed by atoms with van der Waals surface area (Å²) in [4.78, 5) is 0. The van der Waals surface area contributed by atoms with Crippen molar-refractivity contribution in [3.8, 4) is 0 Å². The zero-order chi connectivity index (χ0) is 12.5. The molecule has 0 aliphatic heterocycles. The van der Waals surface area contributed by atoms with E-state index < -0.39 is 23.4 Å². The largest absolute Gasteiger partial charge is 0.422 e. The van der Waals surface area contributed by atoms with E-state index in [9.17, 15) is 22.0 Å². The number of alkyl halides is 3. The second-order valence-corrected chi connectivity index (χ2v) is 3.51. The SMILES string of the molecule is Fc1cc(NN(Cl)Cl)cc(F)c1C(F)(F)F. The Kier molecular flexibility index (Phi) is 3.82. The Hall–Kier alpha value is -0.790. The maximum Gasteiger partial charge on any atom is 0.422 e. The molecule has 0 fully saturated rings. The Morgan fingerprint density at radius 1 is 1.06 bits per heavy atom.